The molecular formula is C14H11F3N6O2. The second-order valence-corrected chi connectivity index (χ2v) is 5.02. The number of halogens is 3. The van der Waals surface area contributed by atoms with Gasteiger partial charge in [0.05, 0.1) is 18.3 Å². The summed E-state index contributed by atoms with van der Waals surface area (Å²) in [7, 11) is 0. The second kappa shape index (κ2) is 6.71. The molecule has 0 aromatic carbocycles. The van der Waals surface area contributed by atoms with Crippen molar-refractivity contribution in [2.24, 2.45) is 0 Å². The Morgan fingerprint density at radius 2 is 2.16 bits per heavy atom. The molecule has 0 saturated carbocycles. The van der Waals surface area contributed by atoms with Crippen LogP contribution in [0.25, 0.3) is 5.52 Å². The third-order valence-corrected chi connectivity index (χ3v) is 3.18. The van der Waals surface area contributed by atoms with E-state index in [1.165, 1.54) is 4.63 Å². The molecule has 130 valence electrons. The lowest BCUT2D eigenvalue weighted by Crippen LogP contribution is -2.23. The predicted octanol–water partition coefficient (Wildman–Crippen LogP) is 1.50. The average Bonchev–Trinajstić information content (AvgIpc) is 2.96. The van der Waals surface area contributed by atoms with Crippen LogP contribution in [0.5, 0.6) is 5.88 Å². The number of alkyl halides is 2. The molecule has 1 N–H and O–H groups in total. The van der Waals surface area contributed by atoms with Gasteiger partial charge in [0, 0.05) is 6.20 Å². The molecule has 0 fully saturated rings. The highest BCUT2D eigenvalue weighted by Crippen LogP contribution is 2.17. The second-order valence-electron chi connectivity index (χ2n) is 5.02. The number of carbonyl (C=O) groups excluding carboxylic acids is 1. The molecule has 0 aliphatic heterocycles. The van der Waals surface area contributed by atoms with Crippen LogP contribution in [0, 0.1) is 12.7 Å². The van der Waals surface area contributed by atoms with Gasteiger partial charge in [-0.2, -0.15) is 13.9 Å². The molecule has 11 heteroatoms. The Balaban J connectivity index is 1.71. The highest BCUT2D eigenvalue weighted by Gasteiger charge is 2.16. The Hall–Kier alpha value is -3.24. The van der Waals surface area contributed by atoms with E-state index in [4.69, 9.17) is 0 Å². The van der Waals surface area contributed by atoms with Crippen molar-refractivity contribution in [3.05, 3.63) is 47.2 Å². The zero-order chi connectivity index (χ0) is 18.0. The molecule has 3 aromatic heterocycles. The van der Waals surface area contributed by atoms with Crippen LogP contribution in [0.15, 0.2) is 24.5 Å². The molecule has 0 aliphatic carbocycles. The van der Waals surface area contributed by atoms with Gasteiger partial charge >= 0.3 is 6.61 Å². The Morgan fingerprint density at radius 1 is 1.36 bits per heavy atom. The number of carbonyl (C=O) groups is 1. The number of rotatable bonds is 5. The van der Waals surface area contributed by atoms with Gasteiger partial charge in [0.1, 0.15) is 11.2 Å². The smallest absolute Gasteiger partial charge is 0.388 e. The van der Waals surface area contributed by atoms with Crippen molar-refractivity contribution in [1.82, 2.24) is 30.3 Å². The maximum absolute atomic E-state index is 13.6. The SMILES string of the molecule is Cc1cnn2nnc(CNC(=O)c3cnc(OC(F)F)c(F)c3)c2c1. The molecule has 0 saturated heterocycles. The first kappa shape index (κ1) is 16.6. The van der Waals surface area contributed by atoms with E-state index in [-0.39, 0.29) is 12.1 Å². The minimum Gasteiger partial charge on any atom is -0.414 e. The van der Waals surface area contributed by atoms with Crippen molar-refractivity contribution in [1.29, 1.82) is 0 Å². The van der Waals surface area contributed by atoms with E-state index in [1.807, 2.05) is 6.92 Å². The number of aromatic nitrogens is 5. The largest absolute Gasteiger partial charge is 0.414 e. The predicted molar refractivity (Wildman–Crippen MR) is 77.5 cm³/mol. The van der Waals surface area contributed by atoms with E-state index in [9.17, 15) is 18.0 Å². The molecule has 0 radical (unpaired) electrons. The topological polar surface area (TPSA) is 94.3 Å². The van der Waals surface area contributed by atoms with Crippen LogP contribution < -0.4 is 10.1 Å². The Bertz CT molecular complexity index is 930. The van der Waals surface area contributed by atoms with Crippen molar-refractivity contribution in [2.75, 3.05) is 0 Å². The zero-order valence-corrected chi connectivity index (χ0v) is 12.8. The van der Waals surface area contributed by atoms with Crippen LogP contribution in [0.2, 0.25) is 0 Å². The van der Waals surface area contributed by atoms with Crippen molar-refractivity contribution in [3.63, 3.8) is 0 Å². The maximum Gasteiger partial charge on any atom is 0.388 e. The lowest BCUT2D eigenvalue weighted by Gasteiger charge is -2.07. The van der Waals surface area contributed by atoms with E-state index in [0.29, 0.717) is 11.2 Å². The van der Waals surface area contributed by atoms with Crippen molar-refractivity contribution in [3.8, 4) is 5.88 Å². The molecule has 3 aromatic rings. The average molecular weight is 352 g/mol. The fourth-order valence-corrected chi connectivity index (χ4v) is 2.05. The number of amides is 1. The third-order valence-electron chi connectivity index (χ3n) is 3.18. The molecule has 0 unspecified atom stereocenters. The molecule has 0 aliphatic rings. The van der Waals surface area contributed by atoms with E-state index >= 15 is 0 Å². The van der Waals surface area contributed by atoms with Gasteiger partial charge < -0.3 is 10.1 Å². The summed E-state index contributed by atoms with van der Waals surface area (Å²) in [5.74, 6) is -2.70. The fraction of sp³-hybridized carbons (Fsp3) is 0.214. The van der Waals surface area contributed by atoms with E-state index in [0.717, 1.165) is 17.8 Å². The number of nitrogens with one attached hydrogen (secondary N) is 1. The summed E-state index contributed by atoms with van der Waals surface area (Å²) in [6.07, 6.45) is 2.55. The number of hydrogen-bond acceptors (Lipinski definition) is 6. The molecule has 3 rings (SSSR count). The summed E-state index contributed by atoms with van der Waals surface area (Å²) in [6, 6.07) is 2.56. The Morgan fingerprint density at radius 3 is 2.88 bits per heavy atom. The minimum absolute atomic E-state index is 0.0182. The number of nitrogens with zero attached hydrogens (tertiary/aromatic N) is 5. The first-order chi connectivity index (χ1) is 11.9. The number of hydrogen-bond donors (Lipinski definition) is 1. The standard InChI is InChI=1S/C14H11F3N6O2/c1-7-2-11-10(21-22-23(11)20-4-7)6-18-12(24)8-3-9(15)13(19-5-8)25-14(16)17/h2-5,14H,6H2,1H3,(H,18,24). The summed E-state index contributed by atoms with van der Waals surface area (Å²) in [5.41, 5.74) is 1.83. The zero-order valence-electron chi connectivity index (χ0n) is 12.8. The Labute approximate surface area is 138 Å². The van der Waals surface area contributed by atoms with Crippen molar-refractivity contribution < 1.29 is 22.7 Å². The van der Waals surface area contributed by atoms with E-state index in [1.54, 1.807) is 12.3 Å². The van der Waals surface area contributed by atoms with Gasteiger partial charge in [0.15, 0.2) is 5.82 Å². The highest BCUT2D eigenvalue weighted by molar-refractivity contribution is 5.93. The van der Waals surface area contributed by atoms with Gasteiger partial charge in [-0.3, -0.25) is 4.79 Å². The number of aryl methyl sites for hydroxylation is 1. The van der Waals surface area contributed by atoms with Gasteiger partial charge in [-0.05, 0) is 29.8 Å². The third kappa shape index (κ3) is 3.65. The summed E-state index contributed by atoms with van der Waals surface area (Å²) < 4.78 is 42.9. The quantitative estimate of drug-likeness (QED) is 0.748. The molecule has 8 nitrogen and oxygen atoms in total. The van der Waals surface area contributed by atoms with Crippen LogP contribution in [-0.4, -0.2) is 37.5 Å². The van der Waals surface area contributed by atoms with Crippen LogP contribution in [0.4, 0.5) is 13.2 Å². The van der Waals surface area contributed by atoms with Crippen molar-refractivity contribution in [2.45, 2.75) is 20.1 Å². The first-order valence-electron chi connectivity index (χ1n) is 7.00. The van der Waals surface area contributed by atoms with Crippen LogP contribution in [-0.2, 0) is 6.54 Å². The summed E-state index contributed by atoms with van der Waals surface area (Å²) in [6.45, 7) is -1.34. The summed E-state index contributed by atoms with van der Waals surface area (Å²) in [5, 5.41) is 14.3. The highest BCUT2D eigenvalue weighted by atomic mass is 19.3. The first-order valence-corrected chi connectivity index (χ1v) is 7.00. The van der Waals surface area contributed by atoms with Crippen molar-refractivity contribution >= 4 is 11.4 Å². The Kier molecular flexibility index (Phi) is 4.46. The number of pyridine rings is 1. The molecular weight excluding hydrogens is 341 g/mol. The minimum atomic E-state index is -3.21. The van der Waals surface area contributed by atoms with Crippen LogP contribution in [0.1, 0.15) is 21.6 Å². The molecule has 0 atom stereocenters. The summed E-state index contributed by atoms with van der Waals surface area (Å²) in [4.78, 5) is 15.4. The maximum atomic E-state index is 13.6. The van der Waals surface area contributed by atoms with E-state index < -0.39 is 24.2 Å². The molecule has 1 amide bonds. The van der Waals surface area contributed by atoms with Crippen LogP contribution in [0.3, 0.4) is 0 Å². The fourth-order valence-electron chi connectivity index (χ4n) is 2.05. The molecule has 0 spiro atoms. The van der Waals surface area contributed by atoms with Gasteiger partial charge in [-0.15, -0.1) is 9.73 Å². The van der Waals surface area contributed by atoms with Crippen LogP contribution >= 0.6 is 0 Å². The van der Waals surface area contributed by atoms with Gasteiger partial charge in [0.25, 0.3) is 11.8 Å². The number of fused-ring (bicyclic) bond motifs is 1. The molecule has 0 bridgehead atoms. The normalized spacial score (nSPS) is 11.1. The monoisotopic (exact) mass is 352 g/mol. The molecule has 25 heavy (non-hydrogen) atoms. The lowest BCUT2D eigenvalue weighted by atomic mass is 10.2. The van der Waals surface area contributed by atoms with Gasteiger partial charge in [-0.25, -0.2) is 9.37 Å². The molecule has 3 heterocycles. The van der Waals surface area contributed by atoms with E-state index in [2.05, 4.69) is 30.4 Å². The lowest BCUT2D eigenvalue weighted by molar-refractivity contribution is -0.0553. The number of ether oxygens (including phenoxy) is 1. The van der Waals surface area contributed by atoms with Gasteiger partial charge in [0.2, 0.25) is 0 Å². The van der Waals surface area contributed by atoms with Gasteiger partial charge in [-0.1, -0.05) is 0 Å². The summed E-state index contributed by atoms with van der Waals surface area (Å²) >= 11 is 0.